The summed E-state index contributed by atoms with van der Waals surface area (Å²) < 4.78 is 11.4. The largest absolute Gasteiger partial charge is 0.459 e. The van der Waals surface area contributed by atoms with Crippen molar-refractivity contribution in [1.29, 1.82) is 0 Å². The Morgan fingerprint density at radius 1 is 1.20 bits per heavy atom. The van der Waals surface area contributed by atoms with Crippen LogP contribution in [-0.4, -0.2) is 23.8 Å². The zero-order chi connectivity index (χ0) is 11.2. The Bertz CT molecular complexity index is 272. The van der Waals surface area contributed by atoms with E-state index in [-0.39, 0.29) is 35.6 Å². The Labute approximate surface area is 91.1 Å². The quantitative estimate of drug-likeness (QED) is 0.658. The van der Waals surface area contributed by atoms with Gasteiger partial charge in [-0.2, -0.15) is 0 Å². The molecule has 0 amide bonds. The molecule has 0 aromatic heterocycles. The van der Waals surface area contributed by atoms with Gasteiger partial charge >= 0.3 is 5.97 Å². The van der Waals surface area contributed by atoms with Crippen LogP contribution in [0, 0.1) is 11.8 Å². The maximum atomic E-state index is 11.8. The first-order chi connectivity index (χ1) is 7.01. The van der Waals surface area contributed by atoms with Gasteiger partial charge in [0.2, 0.25) is 0 Å². The van der Waals surface area contributed by atoms with Gasteiger partial charge in [0.15, 0.2) is 0 Å². The third-order valence-electron chi connectivity index (χ3n) is 3.78. The molecule has 86 valence electrons. The van der Waals surface area contributed by atoms with E-state index in [0.717, 1.165) is 12.8 Å². The molecule has 0 spiro atoms. The van der Waals surface area contributed by atoms with Gasteiger partial charge in [0, 0.05) is 5.92 Å². The van der Waals surface area contributed by atoms with Crippen LogP contribution in [-0.2, 0) is 14.3 Å². The molecule has 2 rings (SSSR count). The molecule has 2 aliphatic rings. The van der Waals surface area contributed by atoms with Crippen LogP contribution in [0.25, 0.3) is 0 Å². The SMILES string of the molecule is CCC1OC(CC)C2C1C(=O)OC2(C)C. The minimum absolute atomic E-state index is 0.0325. The molecule has 0 aromatic rings. The van der Waals surface area contributed by atoms with Gasteiger partial charge in [-0.1, -0.05) is 13.8 Å². The minimum atomic E-state index is -0.355. The molecule has 2 heterocycles. The highest BCUT2D eigenvalue weighted by Gasteiger charge is 2.60. The molecule has 0 N–H and O–H groups in total. The number of rotatable bonds is 2. The van der Waals surface area contributed by atoms with Crippen molar-refractivity contribution in [2.45, 2.75) is 58.3 Å². The second-order valence-electron chi connectivity index (χ2n) is 5.11. The van der Waals surface area contributed by atoms with E-state index in [2.05, 4.69) is 13.8 Å². The monoisotopic (exact) mass is 212 g/mol. The number of ether oxygens (including phenoxy) is 2. The van der Waals surface area contributed by atoms with E-state index < -0.39 is 0 Å². The van der Waals surface area contributed by atoms with E-state index in [9.17, 15) is 4.79 Å². The smallest absolute Gasteiger partial charge is 0.312 e. The van der Waals surface area contributed by atoms with Crippen molar-refractivity contribution >= 4 is 5.97 Å². The number of carbonyl (C=O) groups excluding carboxylic acids is 1. The topological polar surface area (TPSA) is 35.5 Å². The number of hydrogen-bond acceptors (Lipinski definition) is 3. The number of cyclic esters (lactones) is 1. The molecule has 15 heavy (non-hydrogen) atoms. The summed E-state index contributed by atoms with van der Waals surface area (Å²) in [6.45, 7) is 8.18. The molecule has 4 unspecified atom stereocenters. The second kappa shape index (κ2) is 3.48. The molecule has 0 aromatic carbocycles. The molecule has 0 aliphatic carbocycles. The summed E-state index contributed by atoms with van der Waals surface area (Å²) in [6.07, 6.45) is 2.09. The molecule has 3 heteroatoms. The maximum Gasteiger partial charge on any atom is 0.312 e. The summed E-state index contributed by atoms with van der Waals surface area (Å²) in [7, 11) is 0. The summed E-state index contributed by atoms with van der Waals surface area (Å²) >= 11 is 0. The van der Waals surface area contributed by atoms with Crippen molar-refractivity contribution in [3.8, 4) is 0 Å². The third kappa shape index (κ3) is 1.48. The fourth-order valence-electron chi connectivity index (χ4n) is 3.13. The van der Waals surface area contributed by atoms with Crippen LogP contribution in [0.2, 0.25) is 0 Å². The van der Waals surface area contributed by atoms with Crippen molar-refractivity contribution in [1.82, 2.24) is 0 Å². The lowest BCUT2D eigenvalue weighted by Gasteiger charge is -2.27. The zero-order valence-electron chi connectivity index (χ0n) is 9.95. The summed E-state index contributed by atoms with van der Waals surface area (Å²) in [4.78, 5) is 11.8. The van der Waals surface area contributed by atoms with Crippen molar-refractivity contribution < 1.29 is 14.3 Å². The van der Waals surface area contributed by atoms with Crippen LogP contribution in [0.1, 0.15) is 40.5 Å². The Balaban J connectivity index is 2.30. The van der Waals surface area contributed by atoms with Crippen molar-refractivity contribution in [2.75, 3.05) is 0 Å². The van der Waals surface area contributed by atoms with Gasteiger partial charge in [0.25, 0.3) is 0 Å². The lowest BCUT2D eigenvalue weighted by molar-refractivity contribution is -0.154. The molecule has 0 bridgehead atoms. The molecule has 2 saturated heterocycles. The molecule has 0 radical (unpaired) electrons. The van der Waals surface area contributed by atoms with Crippen molar-refractivity contribution in [3.63, 3.8) is 0 Å². The van der Waals surface area contributed by atoms with Gasteiger partial charge < -0.3 is 9.47 Å². The normalized spacial score (nSPS) is 42.8. The highest BCUT2D eigenvalue weighted by molar-refractivity contribution is 5.77. The molecule has 2 fully saturated rings. The van der Waals surface area contributed by atoms with E-state index in [0.29, 0.717) is 0 Å². The summed E-state index contributed by atoms with van der Waals surface area (Å²) in [5.41, 5.74) is -0.355. The van der Waals surface area contributed by atoms with E-state index in [4.69, 9.17) is 9.47 Å². The standard InChI is InChI=1S/C12H20O3/c1-5-7-9-10(8(6-2)14-7)12(3,4)15-11(9)13/h7-10H,5-6H2,1-4H3. The van der Waals surface area contributed by atoms with Crippen LogP contribution in [0.3, 0.4) is 0 Å². The van der Waals surface area contributed by atoms with Gasteiger partial charge in [-0.15, -0.1) is 0 Å². The fourth-order valence-corrected chi connectivity index (χ4v) is 3.13. The number of hydrogen-bond donors (Lipinski definition) is 0. The average Bonchev–Trinajstić information content (AvgIpc) is 2.64. The first kappa shape index (κ1) is 10.9. The van der Waals surface area contributed by atoms with Crippen molar-refractivity contribution in [2.24, 2.45) is 11.8 Å². The number of esters is 1. The highest BCUT2D eigenvalue weighted by Crippen LogP contribution is 2.49. The average molecular weight is 212 g/mol. The van der Waals surface area contributed by atoms with E-state index in [1.165, 1.54) is 0 Å². The summed E-state index contributed by atoms with van der Waals surface area (Å²) in [5, 5.41) is 0. The summed E-state index contributed by atoms with van der Waals surface area (Å²) in [6, 6.07) is 0. The van der Waals surface area contributed by atoms with Crippen LogP contribution in [0.5, 0.6) is 0 Å². The molecule has 4 atom stereocenters. The van der Waals surface area contributed by atoms with Crippen LogP contribution in [0.4, 0.5) is 0 Å². The van der Waals surface area contributed by atoms with Gasteiger partial charge in [0.05, 0.1) is 18.1 Å². The van der Waals surface area contributed by atoms with E-state index in [1.807, 2.05) is 13.8 Å². The van der Waals surface area contributed by atoms with E-state index >= 15 is 0 Å². The van der Waals surface area contributed by atoms with Crippen LogP contribution in [0.15, 0.2) is 0 Å². The van der Waals surface area contributed by atoms with Crippen LogP contribution < -0.4 is 0 Å². The first-order valence-electron chi connectivity index (χ1n) is 5.89. The zero-order valence-corrected chi connectivity index (χ0v) is 9.95. The second-order valence-corrected chi connectivity index (χ2v) is 5.11. The van der Waals surface area contributed by atoms with Gasteiger partial charge in [-0.05, 0) is 26.7 Å². The predicted octanol–water partition coefficient (Wildman–Crippen LogP) is 2.14. The first-order valence-corrected chi connectivity index (χ1v) is 5.89. The molecule has 0 saturated carbocycles. The van der Waals surface area contributed by atoms with Gasteiger partial charge in [0.1, 0.15) is 5.60 Å². The van der Waals surface area contributed by atoms with Gasteiger partial charge in [-0.3, -0.25) is 4.79 Å². The molecule has 2 aliphatic heterocycles. The van der Waals surface area contributed by atoms with Gasteiger partial charge in [-0.25, -0.2) is 0 Å². The van der Waals surface area contributed by atoms with Crippen molar-refractivity contribution in [3.05, 3.63) is 0 Å². The fraction of sp³-hybridized carbons (Fsp3) is 0.917. The van der Waals surface area contributed by atoms with Crippen LogP contribution >= 0.6 is 0 Å². The third-order valence-corrected chi connectivity index (χ3v) is 3.78. The Morgan fingerprint density at radius 3 is 2.33 bits per heavy atom. The summed E-state index contributed by atoms with van der Waals surface area (Å²) in [5.74, 6) is 0.141. The Hall–Kier alpha value is -0.570. The Kier molecular flexibility index (Phi) is 2.53. The predicted molar refractivity (Wildman–Crippen MR) is 56.4 cm³/mol. The highest BCUT2D eigenvalue weighted by atomic mass is 16.6. The lowest BCUT2D eigenvalue weighted by Crippen LogP contribution is -2.35. The maximum absolute atomic E-state index is 11.8. The minimum Gasteiger partial charge on any atom is -0.459 e. The number of fused-ring (bicyclic) bond motifs is 1. The lowest BCUT2D eigenvalue weighted by atomic mass is 9.78. The molecule has 3 nitrogen and oxygen atoms in total. The number of carbonyl (C=O) groups is 1. The molecular formula is C12H20O3. The Morgan fingerprint density at radius 2 is 1.80 bits per heavy atom. The molecular weight excluding hydrogens is 192 g/mol. The van der Waals surface area contributed by atoms with E-state index in [1.54, 1.807) is 0 Å².